The Morgan fingerprint density at radius 1 is 1.58 bits per heavy atom. The van der Waals surface area contributed by atoms with E-state index in [9.17, 15) is 8.78 Å². The Morgan fingerprint density at radius 2 is 2.33 bits per heavy atom. The molecule has 0 aliphatic carbocycles. The van der Waals surface area contributed by atoms with E-state index in [1.807, 2.05) is 0 Å². The van der Waals surface area contributed by atoms with Gasteiger partial charge in [0.05, 0.1) is 12.8 Å². The Labute approximate surface area is 77.1 Å². The lowest BCUT2D eigenvalue weighted by Crippen LogP contribution is -2.20. The van der Waals surface area contributed by atoms with Gasteiger partial charge in [0.25, 0.3) is 6.43 Å². The summed E-state index contributed by atoms with van der Waals surface area (Å²) in [7, 11) is 0. The summed E-state index contributed by atoms with van der Waals surface area (Å²) in [4.78, 5) is 0. The molecule has 0 saturated heterocycles. The summed E-state index contributed by atoms with van der Waals surface area (Å²) in [5.74, 6) is 0. The average Bonchev–Trinajstić information content (AvgIpc) is 2.36. The number of hydrogen-bond donors (Lipinski definition) is 1. The third kappa shape index (κ3) is 2.91. The number of rotatable bonds is 4. The molecule has 12 heavy (non-hydrogen) atoms. The molecule has 0 amide bonds. The molecular formula is C7H8BrF2NO. The van der Waals surface area contributed by atoms with Crippen molar-refractivity contribution in [3.8, 4) is 0 Å². The fourth-order valence-corrected chi connectivity index (χ4v) is 1.14. The second-order valence-corrected chi connectivity index (χ2v) is 2.96. The van der Waals surface area contributed by atoms with Crippen molar-refractivity contribution in [1.82, 2.24) is 5.32 Å². The molecule has 0 fully saturated rings. The summed E-state index contributed by atoms with van der Waals surface area (Å²) in [6.07, 6.45) is -0.806. The topological polar surface area (TPSA) is 25.2 Å². The highest BCUT2D eigenvalue weighted by Crippen LogP contribution is 2.16. The molecule has 5 heteroatoms. The molecule has 1 N–H and O–H groups in total. The largest absolute Gasteiger partial charge is 0.457 e. The zero-order chi connectivity index (χ0) is 8.97. The van der Waals surface area contributed by atoms with Crippen molar-refractivity contribution in [3.05, 3.63) is 22.6 Å². The lowest BCUT2D eigenvalue weighted by Gasteiger charge is -2.01. The summed E-state index contributed by atoms with van der Waals surface area (Å²) >= 11 is 3.14. The molecule has 0 radical (unpaired) electrons. The first kappa shape index (κ1) is 9.67. The zero-order valence-corrected chi connectivity index (χ0v) is 7.77. The van der Waals surface area contributed by atoms with Gasteiger partial charge in [0, 0.05) is 12.1 Å². The Balaban J connectivity index is 2.29. The van der Waals surface area contributed by atoms with Crippen molar-refractivity contribution in [2.45, 2.75) is 13.0 Å². The third-order valence-electron chi connectivity index (χ3n) is 1.31. The van der Waals surface area contributed by atoms with Crippen molar-refractivity contribution in [2.75, 3.05) is 6.54 Å². The van der Waals surface area contributed by atoms with Crippen LogP contribution in [0.4, 0.5) is 8.78 Å². The SMILES string of the molecule is FC(F)CNCc1ccoc1Br. The first-order valence-corrected chi connectivity index (χ1v) is 4.20. The molecule has 1 aromatic rings. The van der Waals surface area contributed by atoms with E-state index >= 15 is 0 Å². The van der Waals surface area contributed by atoms with Crippen LogP contribution in [0.25, 0.3) is 0 Å². The maximum absolute atomic E-state index is 11.7. The Morgan fingerprint density at radius 3 is 2.83 bits per heavy atom. The number of nitrogens with one attached hydrogen (secondary N) is 1. The van der Waals surface area contributed by atoms with Crippen LogP contribution in [0.15, 0.2) is 21.4 Å². The highest BCUT2D eigenvalue weighted by molar-refractivity contribution is 9.10. The van der Waals surface area contributed by atoms with Gasteiger partial charge in [-0.15, -0.1) is 0 Å². The molecule has 2 nitrogen and oxygen atoms in total. The minimum absolute atomic E-state index is 0.294. The van der Waals surface area contributed by atoms with Crippen LogP contribution in [0.5, 0.6) is 0 Å². The van der Waals surface area contributed by atoms with Crippen molar-refractivity contribution < 1.29 is 13.2 Å². The van der Waals surface area contributed by atoms with Crippen LogP contribution in [0.2, 0.25) is 0 Å². The molecule has 0 spiro atoms. The first-order chi connectivity index (χ1) is 5.70. The maximum atomic E-state index is 11.7. The van der Waals surface area contributed by atoms with Crippen LogP contribution in [-0.4, -0.2) is 13.0 Å². The normalized spacial score (nSPS) is 11.0. The Bertz CT molecular complexity index is 239. The molecule has 0 bridgehead atoms. The number of hydrogen-bond acceptors (Lipinski definition) is 2. The quantitative estimate of drug-likeness (QED) is 0.874. The highest BCUT2D eigenvalue weighted by Gasteiger charge is 2.04. The predicted octanol–water partition coefficient (Wildman–Crippen LogP) is 2.40. The van der Waals surface area contributed by atoms with Crippen LogP contribution >= 0.6 is 15.9 Å². The van der Waals surface area contributed by atoms with E-state index in [0.29, 0.717) is 11.2 Å². The monoisotopic (exact) mass is 239 g/mol. The summed E-state index contributed by atoms with van der Waals surface area (Å²) in [6.45, 7) is 0.0963. The molecular weight excluding hydrogens is 232 g/mol. The van der Waals surface area contributed by atoms with E-state index in [0.717, 1.165) is 5.56 Å². The van der Waals surface area contributed by atoms with Gasteiger partial charge in [0.15, 0.2) is 4.67 Å². The van der Waals surface area contributed by atoms with Gasteiger partial charge < -0.3 is 9.73 Å². The second-order valence-electron chi connectivity index (χ2n) is 2.24. The smallest absolute Gasteiger partial charge is 0.250 e. The van der Waals surface area contributed by atoms with E-state index in [1.54, 1.807) is 6.07 Å². The summed E-state index contributed by atoms with van der Waals surface area (Å²) in [6, 6.07) is 1.72. The van der Waals surface area contributed by atoms with Gasteiger partial charge in [-0.05, 0) is 22.0 Å². The standard InChI is InChI=1S/C7H8BrF2NO/c8-7-5(1-2-12-7)3-11-4-6(9)10/h1-2,6,11H,3-4H2. The number of alkyl halides is 2. The molecule has 1 aromatic heterocycles. The minimum Gasteiger partial charge on any atom is -0.457 e. The highest BCUT2D eigenvalue weighted by atomic mass is 79.9. The van der Waals surface area contributed by atoms with Gasteiger partial charge in [-0.25, -0.2) is 8.78 Å². The summed E-state index contributed by atoms with van der Waals surface area (Å²) in [5.41, 5.74) is 0.843. The lowest BCUT2D eigenvalue weighted by molar-refractivity contribution is 0.145. The zero-order valence-electron chi connectivity index (χ0n) is 6.19. The second kappa shape index (κ2) is 4.57. The van der Waals surface area contributed by atoms with Gasteiger partial charge >= 0.3 is 0 Å². The lowest BCUT2D eigenvalue weighted by atomic mass is 10.3. The van der Waals surface area contributed by atoms with Gasteiger partial charge in [0.2, 0.25) is 0 Å². The van der Waals surface area contributed by atoms with Gasteiger partial charge in [-0.1, -0.05) is 0 Å². The first-order valence-electron chi connectivity index (χ1n) is 3.41. The van der Waals surface area contributed by atoms with Gasteiger partial charge in [-0.2, -0.15) is 0 Å². The van der Waals surface area contributed by atoms with Crippen LogP contribution in [-0.2, 0) is 6.54 Å². The minimum atomic E-state index is -2.31. The number of furan rings is 1. The van der Waals surface area contributed by atoms with E-state index < -0.39 is 6.43 Å². The van der Waals surface area contributed by atoms with Crippen molar-refractivity contribution in [2.24, 2.45) is 0 Å². The number of halogens is 3. The molecule has 0 aromatic carbocycles. The van der Waals surface area contributed by atoms with E-state index in [4.69, 9.17) is 4.42 Å². The summed E-state index contributed by atoms with van der Waals surface area (Å²) < 4.78 is 28.8. The van der Waals surface area contributed by atoms with E-state index in [2.05, 4.69) is 21.2 Å². The molecule has 0 aliphatic rings. The Kier molecular flexibility index (Phi) is 3.68. The van der Waals surface area contributed by atoms with Gasteiger partial charge in [-0.3, -0.25) is 0 Å². The Hall–Kier alpha value is -0.420. The molecule has 1 heterocycles. The molecule has 0 saturated carbocycles. The predicted molar refractivity (Wildman–Crippen MR) is 44.1 cm³/mol. The van der Waals surface area contributed by atoms with E-state index in [1.165, 1.54) is 6.26 Å². The maximum Gasteiger partial charge on any atom is 0.250 e. The fraction of sp³-hybridized carbons (Fsp3) is 0.429. The van der Waals surface area contributed by atoms with Crippen LogP contribution in [0, 0.1) is 0 Å². The molecule has 68 valence electrons. The van der Waals surface area contributed by atoms with Crippen molar-refractivity contribution in [1.29, 1.82) is 0 Å². The fourth-order valence-electron chi connectivity index (χ4n) is 0.761. The molecule has 1 rings (SSSR count). The molecule has 0 aliphatic heterocycles. The van der Waals surface area contributed by atoms with Crippen molar-refractivity contribution >= 4 is 15.9 Å². The summed E-state index contributed by atoms with van der Waals surface area (Å²) in [5, 5.41) is 2.59. The van der Waals surface area contributed by atoms with Crippen LogP contribution in [0.1, 0.15) is 5.56 Å². The third-order valence-corrected chi connectivity index (χ3v) is 2.00. The average molecular weight is 240 g/mol. The van der Waals surface area contributed by atoms with Crippen LogP contribution in [0.3, 0.4) is 0 Å². The molecule has 0 unspecified atom stereocenters. The van der Waals surface area contributed by atoms with Gasteiger partial charge in [0.1, 0.15) is 0 Å². The van der Waals surface area contributed by atoms with E-state index in [-0.39, 0.29) is 6.54 Å². The van der Waals surface area contributed by atoms with Crippen molar-refractivity contribution in [3.63, 3.8) is 0 Å². The van der Waals surface area contributed by atoms with Crippen LogP contribution < -0.4 is 5.32 Å². The molecule has 0 atom stereocenters.